The molecule has 3 N–H and O–H groups in total. The van der Waals surface area contributed by atoms with Crippen molar-refractivity contribution in [3.63, 3.8) is 0 Å². The molecule has 0 saturated heterocycles. The number of sulfonamides is 1. The summed E-state index contributed by atoms with van der Waals surface area (Å²) in [5.74, 6) is -1.80. The maximum atomic E-state index is 12.9. The molecule has 0 unspecified atom stereocenters. The third-order valence-corrected chi connectivity index (χ3v) is 5.39. The molecule has 0 radical (unpaired) electrons. The van der Waals surface area contributed by atoms with Crippen molar-refractivity contribution in [2.75, 3.05) is 25.0 Å². The quantitative estimate of drug-likeness (QED) is 0.383. The molecule has 2 aromatic rings. The van der Waals surface area contributed by atoms with E-state index in [1.165, 1.54) is 25.3 Å². The van der Waals surface area contributed by atoms with E-state index in [1.54, 1.807) is 24.3 Å². The van der Waals surface area contributed by atoms with Gasteiger partial charge in [-0.3, -0.25) is 14.8 Å². The van der Waals surface area contributed by atoms with Crippen molar-refractivity contribution in [2.24, 2.45) is 0 Å². The molecule has 2 aromatic carbocycles. The van der Waals surface area contributed by atoms with Gasteiger partial charge in [0.25, 0.3) is 15.9 Å². The number of ether oxygens (including phenoxy) is 2. The Hall–Kier alpha value is -3.86. The Morgan fingerprint density at radius 1 is 1.09 bits per heavy atom. The van der Waals surface area contributed by atoms with E-state index in [2.05, 4.69) is 16.6 Å². The number of nitrogens with one attached hydrogen (secondary N) is 3. The number of hydrogen-bond donors (Lipinski definition) is 3. The van der Waals surface area contributed by atoms with E-state index in [-0.39, 0.29) is 22.8 Å². The Morgan fingerprint density at radius 2 is 1.78 bits per heavy atom. The summed E-state index contributed by atoms with van der Waals surface area (Å²) in [6, 6.07) is 9.57. The number of urea groups is 1. The number of aryl methyl sites for hydroxylation is 1. The van der Waals surface area contributed by atoms with E-state index in [0.717, 1.165) is 11.6 Å². The van der Waals surface area contributed by atoms with Gasteiger partial charge in [-0.05, 0) is 37.3 Å². The monoisotopic (exact) mass is 461 g/mol. The summed E-state index contributed by atoms with van der Waals surface area (Å²) in [5, 5.41) is 4.29. The van der Waals surface area contributed by atoms with Crippen molar-refractivity contribution in [3.8, 4) is 5.75 Å². The Kier molecular flexibility index (Phi) is 8.36. The molecular weight excluding hydrogens is 438 g/mol. The van der Waals surface area contributed by atoms with Gasteiger partial charge in [0, 0.05) is 12.2 Å². The molecular formula is C21H23N3O7S. The average Bonchev–Trinajstić information content (AvgIpc) is 2.77. The summed E-state index contributed by atoms with van der Waals surface area (Å²) >= 11 is 0. The number of amides is 3. The first-order chi connectivity index (χ1) is 15.2. The van der Waals surface area contributed by atoms with E-state index in [9.17, 15) is 22.8 Å². The third-order valence-electron chi connectivity index (χ3n) is 3.99. The van der Waals surface area contributed by atoms with Crippen LogP contribution in [0.2, 0.25) is 0 Å². The van der Waals surface area contributed by atoms with Crippen molar-refractivity contribution in [3.05, 3.63) is 66.2 Å². The van der Waals surface area contributed by atoms with Crippen LogP contribution >= 0.6 is 0 Å². The van der Waals surface area contributed by atoms with Gasteiger partial charge in [0.15, 0.2) is 6.61 Å². The average molecular weight is 461 g/mol. The van der Waals surface area contributed by atoms with Crippen LogP contribution in [-0.4, -0.2) is 46.6 Å². The van der Waals surface area contributed by atoms with Crippen molar-refractivity contribution < 1.29 is 32.3 Å². The Labute approximate surface area is 185 Å². The molecule has 10 nitrogen and oxygen atoms in total. The highest BCUT2D eigenvalue weighted by molar-refractivity contribution is 7.92. The molecule has 0 aliphatic heterocycles. The zero-order valence-electron chi connectivity index (χ0n) is 17.5. The van der Waals surface area contributed by atoms with Crippen LogP contribution in [0.4, 0.5) is 10.5 Å². The largest absolute Gasteiger partial charge is 0.495 e. The van der Waals surface area contributed by atoms with Crippen LogP contribution < -0.4 is 20.1 Å². The van der Waals surface area contributed by atoms with Gasteiger partial charge in [0.2, 0.25) is 0 Å². The molecule has 11 heteroatoms. The van der Waals surface area contributed by atoms with E-state index in [0.29, 0.717) is 5.69 Å². The standard InChI is InChI=1S/C21H23N3O7S/c1-4-11-22-21(27)23-19(25)13-31-20(26)15-7-10-17(30-3)18(12-15)32(28,29)24-16-8-5-14(2)6-9-16/h4-10,12,24H,1,11,13H2,2-3H3,(H2,22,23,25,27). The van der Waals surface area contributed by atoms with Gasteiger partial charge in [0.05, 0.1) is 12.7 Å². The lowest BCUT2D eigenvalue weighted by Crippen LogP contribution is -2.41. The molecule has 0 saturated carbocycles. The highest BCUT2D eigenvalue weighted by Gasteiger charge is 2.23. The minimum Gasteiger partial charge on any atom is -0.495 e. The fraction of sp³-hybridized carbons (Fsp3) is 0.190. The van der Waals surface area contributed by atoms with E-state index in [4.69, 9.17) is 9.47 Å². The van der Waals surface area contributed by atoms with Crippen molar-refractivity contribution in [1.29, 1.82) is 0 Å². The Bertz CT molecular complexity index is 1110. The van der Waals surface area contributed by atoms with Crippen LogP contribution in [0.1, 0.15) is 15.9 Å². The predicted molar refractivity (Wildman–Crippen MR) is 117 cm³/mol. The lowest BCUT2D eigenvalue weighted by atomic mass is 10.2. The van der Waals surface area contributed by atoms with Gasteiger partial charge in [-0.25, -0.2) is 18.0 Å². The SMILES string of the molecule is C=CCNC(=O)NC(=O)COC(=O)c1ccc(OC)c(S(=O)(=O)Nc2ccc(C)cc2)c1. The number of rotatable bonds is 9. The maximum absolute atomic E-state index is 12.9. The predicted octanol–water partition coefficient (Wildman–Crippen LogP) is 1.97. The minimum absolute atomic E-state index is 0.0118. The summed E-state index contributed by atoms with van der Waals surface area (Å²) in [4.78, 5) is 35.1. The Morgan fingerprint density at radius 3 is 2.41 bits per heavy atom. The molecule has 0 heterocycles. The number of imide groups is 1. The molecule has 2 rings (SSSR count). The molecule has 0 aliphatic rings. The zero-order chi connectivity index (χ0) is 23.7. The molecule has 0 aliphatic carbocycles. The van der Waals surface area contributed by atoms with Crippen LogP contribution in [0.5, 0.6) is 5.75 Å². The lowest BCUT2D eigenvalue weighted by molar-refractivity contribution is -0.123. The first-order valence-corrected chi connectivity index (χ1v) is 10.8. The number of hydrogen-bond acceptors (Lipinski definition) is 7. The van der Waals surface area contributed by atoms with Crippen LogP contribution in [0.25, 0.3) is 0 Å². The Balaban J connectivity index is 2.13. The fourth-order valence-electron chi connectivity index (χ4n) is 2.43. The van der Waals surface area contributed by atoms with E-state index >= 15 is 0 Å². The van der Waals surface area contributed by atoms with Crippen LogP contribution in [0.15, 0.2) is 60.0 Å². The molecule has 0 spiro atoms. The molecule has 0 fully saturated rings. The van der Waals surface area contributed by atoms with Crippen molar-refractivity contribution in [2.45, 2.75) is 11.8 Å². The highest BCUT2D eigenvalue weighted by Crippen LogP contribution is 2.27. The van der Waals surface area contributed by atoms with Gasteiger partial charge in [0.1, 0.15) is 10.6 Å². The first-order valence-electron chi connectivity index (χ1n) is 9.29. The van der Waals surface area contributed by atoms with Crippen LogP contribution in [0.3, 0.4) is 0 Å². The summed E-state index contributed by atoms with van der Waals surface area (Å²) in [7, 11) is -2.81. The third kappa shape index (κ3) is 6.84. The second kappa shape index (κ2) is 11.0. The maximum Gasteiger partial charge on any atom is 0.338 e. The molecule has 3 amide bonds. The summed E-state index contributed by atoms with van der Waals surface area (Å²) in [6.45, 7) is 4.69. The normalized spacial score (nSPS) is 10.6. The fourth-order valence-corrected chi connectivity index (χ4v) is 3.69. The number of esters is 1. The van der Waals surface area contributed by atoms with Crippen LogP contribution in [0, 0.1) is 6.92 Å². The molecule has 32 heavy (non-hydrogen) atoms. The topological polar surface area (TPSA) is 140 Å². The van der Waals surface area contributed by atoms with Gasteiger partial charge >= 0.3 is 12.0 Å². The summed E-state index contributed by atoms with van der Waals surface area (Å²) in [5.41, 5.74) is 1.16. The molecule has 170 valence electrons. The minimum atomic E-state index is -4.10. The smallest absolute Gasteiger partial charge is 0.338 e. The molecule has 0 aromatic heterocycles. The highest BCUT2D eigenvalue weighted by atomic mass is 32.2. The van der Waals surface area contributed by atoms with Crippen molar-refractivity contribution in [1.82, 2.24) is 10.6 Å². The summed E-state index contributed by atoms with van der Waals surface area (Å²) < 4.78 is 38.1. The van der Waals surface area contributed by atoms with E-state index in [1.807, 2.05) is 12.2 Å². The first kappa shape index (κ1) is 24.4. The van der Waals surface area contributed by atoms with Crippen molar-refractivity contribution >= 4 is 33.6 Å². The molecule has 0 atom stereocenters. The van der Waals surface area contributed by atoms with Crippen LogP contribution in [-0.2, 0) is 19.6 Å². The van der Waals surface area contributed by atoms with Gasteiger partial charge in [-0.1, -0.05) is 23.8 Å². The number of carbonyl (C=O) groups is 3. The zero-order valence-corrected chi connectivity index (χ0v) is 18.3. The van der Waals surface area contributed by atoms with Gasteiger partial charge in [-0.2, -0.15) is 0 Å². The molecule has 0 bridgehead atoms. The number of methoxy groups -OCH3 is 1. The lowest BCUT2D eigenvalue weighted by Gasteiger charge is -2.13. The van der Waals surface area contributed by atoms with Gasteiger partial charge < -0.3 is 14.8 Å². The second-order valence-electron chi connectivity index (χ2n) is 6.46. The number of carbonyl (C=O) groups excluding carboxylic acids is 3. The second-order valence-corrected chi connectivity index (χ2v) is 8.11. The number of anilines is 1. The number of benzene rings is 2. The summed E-state index contributed by atoms with van der Waals surface area (Å²) in [6.07, 6.45) is 1.42. The van der Waals surface area contributed by atoms with E-state index < -0.39 is 34.5 Å². The van der Waals surface area contributed by atoms with Gasteiger partial charge in [-0.15, -0.1) is 6.58 Å².